The fraction of sp³-hybridized carbons (Fsp3) is 0.750. The molecular formula is C44H80NO7P. The summed E-state index contributed by atoms with van der Waals surface area (Å²) >= 11 is 0. The summed E-state index contributed by atoms with van der Waals surface area (Å²) in [5.41, 5.74) is 5.36. The number of unbranched alkanes of at least 4 members (excludes halogenated alkanes) is 17. The van der Waals surface area contributed by atoms with Crippen molar-refractivity contribution in [1.29, 1.82) is 0 Å². The molecule has 0 aliphatic carbocycles. The molecule has 0 saturated carbocycles. The zero-order valence-corrected chi connectivity index (χ0v) is 34.9. The number of rotatable bonds is 40. The van der Waals surface area contributed by atoms with Crippen LogP contribution >= 0.6 is 7.82 Å². The van der Waals surface area contributed by atoms with Crippen molar-refractivity contribution < 1.29 is 32.8 Å². The fourth-order valence-electron chi connectivity index (χ4n) is 5.58. The molecule has 0 amide bonds. The molecule has 3 N–H and O–H groups in total. The van der Waals surface area contributed by atoms with E-state index in [-0.39, 0.29) is 32.3 Å². The highest BCUT2D eigenvalue weighted by Crippen LogP contribution is 2.43. The van der Waals surface area contributed by atoms with Gasteiger partial charge in [-0.3, -0.25) is 13.8 Å². The summed E-state index contributed by atoms with van der Waals surface area (Å²) in [7, 11) is -4.28. The Balaban J connectivity index is 3.99. The molecule has 0 spiro atoms. The van der Waals surface area contributed by atoms with Gasteiger partial charge < -0.3 is 20.1 Å². The van der Waals surface area contributed by atoms with Crippen LogP contribution in [0.5, 0.6) is 0 Å². The molecule has 0 aromatic carbocycles. The fourth-order valence-corrected chi connectivity index (χ4v) is 6.34. The summed E-state index contributed by atoms with van der Waals surface area (Å²) in [5.74, 6) is -0.340. The van der Waals surface area contributed by atoms with E-state index in [2.05, 4.69) is 74.6 Å². The number of hydrogen-bond acceptors (Lipinski definition) is 7. The van der Waals surface area contributed by atoms with Gasteiger partial charge in [0.2, 0.25) is 0 Å². The van der Waals surface area contributed by atoms with E-state index in [0.717, 1.165) is 57.8 Å². The highest BCUT2D eigenvalue weighted by Gasteiger charge is 2.25. The molecule has 9 heteroatoms. The number of ether oxygens (including phenoxy) is 2. The van der Waals surface area contributed by atoms with Crippen LogP contribution in [0.2, 0.25) is 0 Å². The molecule has 53 heavy (non-hydrogen) atoms. The van der Waals surface area contributed by atoms with E-state index in [9.17, 15) is 14.3 Å². The molecule has 0 saturated heterocycles. The first-order chi connectivity index (χ1) is 25.9. The predicted octanol–water partition coefficient (Wildman–Crippen LogP) is 12.6. The van der Waals surface area contributed by atoms with E-state index in [4.69, 9.17) is 24.3 Å². The largest absolute Gasteiger partial charge is 0.472 e. The van der Waals surface area contributed by atoms with Crippen molar-refractivity contribution in [3.05, 3.63) is 60.8 Å². The van der Waals surface area contributed by atoms with Gasteiger partial charge in [-0.25, -0.2) is 4.57 Å². The van der Waals surface area contributed by atoms with Crippen LogP contribution in [0.3, 0.4) is 0 Å². The monoisotopic (exact) mass is 766 g/mol. The molecule has 2 atom stereocenters. The van der Waals surface area contributed by atoms with Gasteiger partial charge in [-0.15, -0.1) is 0 Å². The second-order valence-corrected chi connectivity index (χ2v) is 15.3. The van der Waals surface area contributed by atoms with Crippen LogP contribution in [0.1, 0.15) is 174 Å². The zero-order chi connectivity index (χ0) is 38.8. The van der Waals surface area contributed by atoms with Crippen molar-refractivity contribution in [2.75, 3.05) is 33.0 Å². The highest BCUT2D eigenvalue weighted by molar-refractivity contribution is 7.47. The van der Waals surface area contributed by atoms with Crippen molar-refractivity contribution in [2.45, 2.75) is 180 Å². The van der Waals surface area contributed by atoms with E-state index in [1.165, 1.54) is 96.3 Å². The quantitative estimate of drug-likeness (QED) is 0.0274. The number of phosphoric acid groups is 1. The lowest BCUT2D eigenvalue weighted by molar-refractivity contribution is -0.154. The minimum Gasteiger partial charge on any atom is -0.457 e. The summed E-state index contributed by atoms with van der Waals surface area (Å²) in [4.78, 5) is 22.4. The molecule has 308 valence electrons. The third-order valence-corrected chi connectivity index (χ3v) is 9.63. The van der Waals surface area contributed by atoms with Crippen molar-refractivity contribution in [3.63, 3.8) is 0 Å². The Morgan fingerprint density at radius 1 is 0.585 bits per heavy atom. The molecular weight excluding hydrogens is 685 g/mol. The molecule has 2 unspecified atom stereocenters. The number of carbonyl (C=O) groups excluding carboxylic acids is 1. The van der Waals surface area contributed by atoms with Crippen LogP contribution in [0.4, 0.5) is 0 Å². The van der Waals surface area contributed by atoms with Crippen LogP contribution in [0.25, 0.3) is 0 Å². The molecule has 0 aliphatic heterocycles. The van der Waals surface area contributed by atoms with Gasteiger partial charge in [-0.1, -0.05) is 158 Å². The number of nitrogens with two attached hydrogens (primary N) is 1. The van der Waals surface area contributed by atoms with Crippen LogP contribution in [-0.2, 0) is 27.9 Å². The number of esters is 1. The minimum atomic E-state index is -4.28. The van der Waals surface area contributed by atoms with Gasteiger partial charge in [0.1, 0.15) is 6.10 Å². The third-order valence-electron chi connectivity index (χ3n) is 8.65. The summed E-state index contributed by atoms with van der Waals surface area (Å²) in [6.45, 7) is 4.73. The minimum absolute atomic E-state index is 0.0964. The Kier molecular flexibility index (Phi) is 40.0. The predicted molar refractivity (Wildman–Crippen MR) is 224 cm³/mol. The first-order valence-electron chi connectivity index (χ1n) is 21.3. The first kappa shape index (κ1) is 51.2. The topological polar surface area (TPSA) is 117 Å². The standard InChI is InChI=1S/C44H80NO7P/c1-3-5-7-9-11-13-15-16-17-18-19-20-21-22-23-24-25-26-27-29-31-33-35-37-44(46)52-43(42-51-53(47,48)50-40-38-45)41-49-39-36-34-32-30-28-14-12-10-8-6-4-2/h5,7-8,10-11,13,16-17,19-20,43H,3-4,6,9,12,14-15,18,21-42,45H2,1-2H3,(H,47,48)/b7-5-,10-8-,13-11-,17-16-,20-19-. The van der Waals surface area contributed by atoms with Gasteiger partial charge in [0.05, 0.1) is 19.8 Å². The molecule has 0 rings (SSSR count). The van der Waals surface area contributed by atoms with Gasteiger partial charge in [0, 0.05) is 19.6 Å². The number of allylic oxidation sites excluding steroid dienone is 10. The molecule has 0 bridgehead atoms. The number of carbonyl (C=O) groups is 1. The zero-order valence-electron chi connectivity index (χ0n) is 34.0. The van der Waals surface area contributed by atoms with Crippen molar-refractivity contribution >= 4 is 13.8 Å². The molecule has 0 aliphatic rings. The molecule has 0 heterocycles. The lowest BCUT2D eigenvalue weighted by atomic mass is 10.0. The van der Waals surface area contributed by atoms with Gasteiger partial charge in [-0.2, -0.15) is 0 Å². The molecule has 0 radical (unpaired) electrons. The van der Waals surface area contributed by atoms with Gasteiger partial charge in [-0.05, 0) is 70.6 Å². The Morgan fingerprint density at radius 2 is 1.06 bits per heavy atom. The number of phosphoric ester groups is 1. The highest BCUT2D eigenvalue weighted by atomic mass is 31.2. The SMILES string of the molecule is CC/C=C\C/C=C\C/C=C\C/C=C\CCCCCCCCCCCCC(=O)OC(COCCCCCCCC/C=C\CCC)COP(=O)(O)OCCN. The Labute approximate surface area is 325 Å². The third kappa shape index (κ3) is 41.2. The van der Waals surface area contributed by atoms with Gasteiger partial charge in [0.15, 0.2) is 0 Å². The average Bonchev–Trinajstić information content (AvgIpc) is 3.15. The van der Waals surface area contributed by atoms with Crippen LogP contribution in [0, 0.1) is 0 Å². The van der Waals surface area contributed by atoms with Crippen LogP contribution < -0.4 is 5.73 Å². The van der Waals surface area contributed by atoms with E-state index in [0.29, 0.717) is 13.0 Å². The maximum absolute atomic E-state index is 12.6. The van der Waals surface area contributed by atoms with E-state index < -0.39 is 13.9 Å². The van der Waals surface area contributed by atoms with Crippen molar-refractivity contribution in [3.8, 4) is 0 Å². The average molecular weight is 766 g/mol. The molecule has 0 aromatic rings. The maximum atomic E-state index is 12.6. The van der Waals surface area contributed by atoms with Gasteiger partial charge >= 0.3 is 13.8 Å². The number of hydrogen-bond donors (Lipinski definition) is 2. The first-order valence-corrected chi connectivity index (χ1v) is 22.8. The molecule has 0 fully saturated rings. The lowest BCUT2D eigenvalue weighted by Crippen LogP contribution is -2.28. The van der Waals surface area contributed by atoms with Crippen molar-refractivity contribution in [1.82, 2.24) is 0 Å². The molecule has 8 nitrogen and oxygen atoms in total. The smallest absolute Gasteiger partial charge is 0.457 e. The summed E-state index contributed by atoms with van der Waals surface area (Å²) < 4.78 is 33.3. The molecule has 0 aromatic heterocycles. The van der Waals surface area contributed by atoms with Crippen LogP contribution in [0.15, 0.2) is 60.8 Å². The Hall–Kier alpha value is -1.80. The summed E-state index contributed by atoms with van der Waals surface area (Å²) in [5, 5.41) is 0. The Morgan fingerprint density at radius 3 is 1.60 bits per heavy atom. The van der Waals surface area contributed by atoms with Crippen molar-refractivity contribution in [2.24, 2.45) is 5.73 Å². The maximum Gasteiger partial charge on any atom is 0.472 e. The van der Waals surface area contributed by atoms with E-state index in [1.54, 1.807) is 0 Å². The normalized spacial score (nSPS) is 14.1. The Bertz CT molecular complexity index is 994. The summed E-state index contributed by atoms with van der Waals surface area (Å²) in [6, 6.07) is 0. The van der Waals surface area contributed by atoms with E-state index >= 15 is 0 Å². The lowest BCUT2D eigenvalue weighted by Gasteiger charge is -2.20. The second-order valence-electron chi connectivity index (χ2n) is 13.8. The van der Waals surface area contributed by atoms with Gasteiger partial charge in [0.25, 0.3) is 0 Å². The summed E-state index contributed by atoms with van der Waals surface area (Å²) in [6.07, 6.45) is 49.5. The van der Waals surface area contributed by atoms with Crippen LogP contribution in [-0.4, -0.2) is 49.9 Å². The van der Waals surface area contributed by atoms with E-state index in [1.807, 2.05) is 0 Å². The second kappa shape index (κ2) is 41.4.